The standard InChI is InChI=1S/C47H75BrN8O16S/c1-11-25(5)37-47(65)72-27(7)38(54-43(61)36(24(3)4)52-42(60)34(70-10)23-71-73(66,67)68)44(62)50-30(15-13-14-20-49)40(58)51-31-17-19-35(57)56(45(31)63)39(26(6)12-2)46(64)55(8)32(41(59)53-37)22-28-16-18-33(69-9)29(48)21-28/h16,18,21,24-27,30-32,34-39,57H,11-15,17,19-20,22-23,49H2,1-10H3,(H,50,62)(H,51,58)(H,52,60)(H,53,59)(H,54,61)(H,66,67,68). The van der Waals surface area contributed by atoms with Gasteiger partial charge in [-0.25, -0.2) is 8.98 Å². The van der Waals surface area contributed by atoms with Gasteiger partial charge in [0.05, 0.1) is 11.6 Å². The molecule has 0 radical (unpaired) electrons. The number of aliphatic hydroxyl groups excluding tert-OH is 1. The van der Waals surface area contributed by atoms with E-state index in [-0.39, 0.29) is 32.2 Å². The van der Waals surface area contributed by atoms with E-state index < -0.39 is 143 Å². The highest BCUT2D eigenvalue weighted by atomic mass is 79.9. The maximum atomic E-state index is 15.0. The third kappa shape index (κ3) is 17.3. The van der Waals surface area contributed by atoms with Crippen molar-refractivity contribution in [2.24, 2.45) is 23.5 Å². The van der Waals surface area contributed by atoms with Crippen LogP contribution in [0.25, 0.3) is 0 Å². The number of fused-ring (bicyclic) bond motifs is 2. The van der Waals surface area contributed by atoms with Crippen LogP contribution in [0.1, 0.15) is 99.0 Å². The maximum absolute atomic E-state index is 15.0. The molecule has 12 atom stereocenters. The average molecular weight is 1120 g/mol. The molecule has 9 N–H and O–H groups in total. The van der Waals surface area contributed by atoms with Crippen molar-refractivity contribution in [3.8, 4) is 5.75 Å². The van der Waals surface area contributed by atoms with E-state index in [1.807, 2.05) is 0 Å². The number of esters is 1. The number of nitrogens with zero attached hydrogens (tertiary/aromatic N) is 2. The number of hydrogen-bond donors (Lipinski definition) is 8. The van der Waals surface area contributed by atoms with E-state index in [1.54, 1.807) is 45.9 Å². The molecular formula is C47H75BrN8O16S. The number of rotatable bonds is 20. The average Bonchev–Trinajstić information content (AvgIpc) is 3.33. The summed E-state index contributed by atoms with van der Waals surface area (Å²) < 4.78 is 52.8. The molecule has 0 aromatic heterocycles. The van der Waals surface area contributed by atoms with Gasteiger partial charge in [0.2, 0.25) is 35.4 Å². The Hall–Kier alpha value is -4.99. The van der Waals surface area contributed by atoms with Crippen LogP contribution in [0, 0.1) is 17.8 Å². The van der Waals surface area contributed by atoms with Gasteiger partial charge in [-0.05, 0) is 97.0 Å². The topological polar surface area (TPSA) is 341 Å². The normalized spacial score (nSPS) is 25.7. The number of carbonyl (C=O) groups excluding carboxylic acids is 8. The van der Waals surface area contributed by atoms with Crippen LogP contribution in [0.3, 0.4) is 0 Å². The molecule has 7 amide bonds. The molecule has 1 aromatic rings. The fourth-order valence-electron chi connectivity index (χ4n) is 8.41. The number of carbonyl (C=O) groups is 8. The molecule has 12 unspecified atom stereocenters. The van der Waals surface area contributed by atoms with Crippen LogP contribution in [0.5, 0.6) is 5.75 Å². The molecule has 2 bridgehead atoms. The lowest BCUT2D eigenvalue weighted by Crippen LogP contribution is -2.66. The van der Waals surface area contributed by atoms with E-state index in [0.717, 1.165) is 12.0 Å². The predicted molar refractivity (Wildman–Crippen MR) is 267 cm³/mol. The number of amides is 7. The molecule has 2 aliphatic heterocycles. The second-order valence-electron chi connectivity index (χ2n) is 18.8. The molecule has 2 heterocycles. The lowest BCUT2D eigenvalue weighted by molar-refractivity contribution is -0.168. The highest BCUT2D eigenvalue weighted by molar-refractivity contribution is 9.10. The second-order valence-corrected chi connectivity index (χ2v) is 20.8. The van der Waals surface area contributed by atoms with Gasteiger partial charge in [0, 0.05) is 20.6 Å². The minimum atomic E-state index is -4.99. The quantitative estimate of drug-likeness (QED) is 0.0492. The first-order chi connectivity index (χ1) is 34.2. The number of benzene rings is 1. The Bertz CT molecular complexity index is 2220. The van der Waals surface area contributed by atoms with Crippen molar-refractivity contribution < 1.29 is 74.8 Å². The van der Waals surface area contributed by atoms with Gasteiger partial charge in [-0.3, -0.25) is 38.1 Å². The molecule has 24 nitrogen and oxygen atoms in total. The Morgan fingerprint density at radius 3 is 2.15 bits per heavy atom. The Kier molecular flexibility index (Phi) is 24.4. The van der Waals surface area contributed by atoms with E-state index in [4.69, 9.17) is 24.5 Å². The number of cyclic esters (lactones) is 1. The minimum Gasteiger partial charge on any atom is -0.496 e. The number of halogens is 1. The third-order valence-corrected chi connectivity index (χ3v) is 14.3. The van der Waals surface area contributed by atoms with Crippen LogP contribution in [-0.4, -0.2) is 170 Å². The first kappa shape index (κ1) is 62.3. The maximum Gasteiger partial charge on any atom is 0.397 e. The molecule has 3 rings (SSSR count). The van der Waals surface area contributed by atoms with Gasteiger partial charge >= 0.3 is 16.4 Å². The smallest absolute Gasteiger partial charge is 0.397 e. The zero-order valence-corrected chi connectivity index (χ0v) is 45.6. The Morgan fingerprint density at radius 1 is 0.932 bits per heavy atom. The van der Waals surface area contributed by atoms with Crippen LogP contribution < -0.4 is 37.1 Å². The van der Waals surface area contributed by atoms with Crippen LogP contribution in [0.4, 0.5) is 0 Å². The summed E-state index contributed by atoms with van der Waals surface area (Å²) in [7, 11) is -1.08. The largest absolute Gasteiger partial charge is 0.496 e. The Labute approximate surface area is 435 Å². The zero-order valence-electron chi connectivity index (χ0n) is 43.2. The van der Waals surface area contributed by atoms with Gasteiger partial charge in [0.1, 0.15) is 67.0 Å². The first-order valence-electron chi connectivity index (χ1n) is 24.4. The molecule has 2 aliphatic rings. The van der Waals surface area contributed by atoms with Gasteiger partial charge in [0.25, 0.3) is 5.91 Å². The zero-order chi connectivity index (χ0) is 55.1. The lowest BCUT2D eigenvalue weighted by Gasteiger charge is -2.44. The summed E-state index contributed by atoms with van der Waals surface area (Å²) in [5, 5.41) is 24.6. The molecule has 2 saturated heterocycles. The monoisotopic (exact) mass is 1120 g/mol. The minimum absolute atomic E-state index is 0.0291. The van der Waals surface area contributed by atoms with E-state index in [0.29, 0.717) is 41.5 Å². The number of methoxy groups -OCH3 is 2. The molecule has 0 aliphatic carbocycles. The molecule has 412 valence electrons. The summed E-state index contributed by atoms with van der Waals surface area (Å²) in [4.78, 5) is 118. The summed E-state index contributed by atoms with van der Waals surface area (Å²) in [5.74, 6) is -8.75. The Balaban J connectivity index is 2.27. The molecule has 0 spiro atoms. The van der Waals surface area contributed by atoms with Crippen molar-refractivity contribution in [1.82, 2.24) is 36.4 Å². The van der Waals surface area contributed by atoms with Crippen molar-refractivity contribution in [3.05, 3.63) is 28.2 Å². The number of aliphatic hydroxyl groups is 1. The summed E-state index contributed by atoms with van der Waals surface area (Å²) in [5.41, 5.74) is 6.34. The number of ether oxygens (including phenoxy) is 3. The van der Waals surface area contributed by atoms with Crippen molar-refractivity contribution in [1.29, 1.82) is 0 Å². The number of nitrogens with one attached hydrogen (secondary N) is 5. The number of likely N-dealkylation sites (N-methyl/N-ethyl adjacent to an activating group) is 1. The van der Waals surface area contributed by atoms with Crippen molar-refractivity contribution in [3.63, 3.8) is 0 Å². The summed E-state index contributed by atoms with van der Waals surface area (Å²) >= 11 is 3.47. The molecule has 0 saturated carbocycles. The van der Waals surface area contributed by atoms with Crippen LogP contribution in [-0.2, 0) is 68.8 Å². The second kappa shape index (κ2) is 28.6. The third-order valence-electron chi connectivity index (χ3n) is 13.3. The number of piperidine rings is 1. The van der Waals surface area contributed by atoms with E-state index in [1.165, 1.54) is 39.8 Å². The molecule has 1 aromatic carbocycles. The van der Waals surface area contributed by atoms with Gasteiger partial charge in [-0.1, -0.05) is 60.5 Å². The lowest BCUT2D eigenvalue weighted by atomic mass is 9.91. The van der Waals surface area contributed by atoms with Gasteiger partial charge in [-0.2, -0.15) is 8.42 Å². The fourth-order valence-corrected chi connectivity index (χ4v) is 9.29. The van der Waals surface area contributed by atoms with Gasteiger partial charge in [-0.15, -0.1) is 0 Å². The number of nitrogens with two attached hydrogens (primary N) is 1. The van der Waals surface area contributed by atoms with Crippen molar-refractivity contribution in [2.45, 2.75) is 161 Å². The molecule has 73 heavy (non-hydrogen) atoms. The molecule has 2 fully saturated rings. The highest BCUT2D eigenvalue weighted by Gasteiger charge is 2.47. The van der Waals surface area contributed by atoms with Gasteiger partial charge in [0.15, 0.2) is 6.10 Å². The number of unbranched alkanes of at least 4 members (excludes halogenated alkanes) is 1. The predicted octanol–water partition coefficient (Wildman–Crippen LogP) is 0.218. The Morgan fingerprint density at radius 2 is 1.59 bits per heavy atom. The van der Waals surface area contributed by atoms with Gasteiger partial charge < -0.3 is 61.4 Å². The molecule has 26 heteroatoms. The first-order valence-corrected chi connectivity index (χ1v) is 26.6. The van der Waals surface area contributed by atoms with Crippen molar-refractivity contribution >= 4 is 73.6 Å². The summed E-state index contributed by atoms with van der Waals surface area (Å²) in [6.07, 6.45) is -3.62. The van der Waals surface area contributed by atoms with Crippen LogP contribution in [0.15, 0.2) is 22.7 Å². The van der Waals surface area contributed by atoms with Crippen LogP contribution >= 0.6 is 15.9 Å². The SMILES string of the molecule is CCC(C)C1NC(=O)C(Cc2ccc(OC)c(Br)c2)N(C)C(=O)C(C(C)CC)N2C(=O)C(CCC2O)NC(=O)C(CCCCN)NC(=O)C(NC(=O)C(NC(=O)C(COS(=O)(=O)O)OC)C(C)C)C(C)OC1=O. The summed E-state index contributed by atoms with van der Waals surface area (Å²) in [6, 6.07) is -5.08. The van der Waals surface area contributed by atoms with Crippen molar-refractivity contribution in [2.75, 3.05) is 34.4 Å². The number of hydrogen-bond acceptors (Lipinski definition) is 16. The van der Waals surface area contributed by atoms with E-state index in [9.17, 15) is 47.1 Å². The fraction of sp³-hybridized carbons (Fsp3) is 0.702. The summed E-state index contributed by atoms with van der Waals surface area (Å²) in [6.45, 7) is 10.5. The van der Waals surface area contributed by atoms with E-state index >= 15 is 4.79 Å². The highest BCUT2D eigenvalue weighted by Crippen LogP contribution is 2.30. The van der Waals surface area contributed by atoms with E-state index in [2.05, 4.69) is 46.7 Å². The van der Waals surface area contributed by atoms with Crippen LogP contribution in [0.2, 0.25) is 0 Å². The molecular weight excluding hydrogens is 1040 g/mol.